The zero-order valence-electron chi connectivity index (χ0n) is 17.3. The van der Waals surface area contributed by atoms with Gasteiger partial charge in [-0.25, -0.2) is 13.2 Å². The highest BCUT2D eigenvalue weighted by Crippen LogP contribution is 2.36. The van der Waals surface area contributed by atoms with E-state index >= 15 is 0 Å². The SMILES string of the molecule is CCOC(=O)c1ccccc1NC(=O)CCCN(c1ccc2c(c1)OCO2)S(C)(=O)=O. The van der Waals surface area contributed by atoms with Gasteiger partial charge in [-0.2, -0.15) is 0 Å². The van der Waals surface area contributed by atoms with Crippen LogP contribution in [0.15, 0.2) is 42.5 Å². The molecule has 0 aliphatic carbocycles. The number of nitrogens with one attached hydrogen (secondary N) is 1. The highest BCUT2D eigenvalue weighted by Gasteiger charge is 2.22. The van der Waals surface area contributed by atoms with E-state index in [1.807, 2.05) is 0 Å². The summed E-state index contributed by atoms with van der Waals surface area (Å²) in [4.78, 5) is 24.4. The number of carbonyl (C=O) groups excluding carboxylic acids is 2. The number of ether oxygens (including phenoxy) is 3. The summed E-state index contributed by atoms with van der Waals surface area (Å²) in [5.74, 6) is 0.164. The molecule has 0 unspecified atom stereocenters. The number of nitrogens with zero attached hydrogens (tertiary/aromatic N) is 1. The Bertz CT molecular complexity index is 1070. The third-order valence-electron chi connectivity index (χ3n) is 4.51. The summed E-state index contributed by atoms with van der Waals surface area (Å²) >= 11 is 0. The van der Waals surface area contributed by atoms with Gasteiger partial charge in [0.15, 0.2) is 11.5 Å². The second-order valence-electron chi connectivity index (χ2n) is 6.79. The van der Waals surface area contributed by atoms with E-state index < -0.39 is 16.0 Å². The fourth-order valence-corrected chi connectivity index (χ4v) is 4.06. The van der Waals surface area contributed by atoms with Crippen LogP contribution in [0.3, 0.4) is 0 Å². The standard InChI is InChI=1S/C21H24N2O7S/c1-3-28-21(25)16-7-4-5-8-17(16)22-20(24)9-6-12-23(31(2,26)27)15-10-11-18-19(13-15)30-14-29-18/h4-5,7-8,10-11,13H,3,6,9,12,14H2,1-2H3,(H,22,24). The van der Waals surface area contributed by atoms with Crippen molar-refractivity contribution in [2.24, 2.45) is 0 Å². The molecule has 9 nitrogen and oxygen atoms in total. The van der Waals surface area contributed by atoms with Crippen molar-refractivity contribution in [2.75, 3.05) is 35.8 Å². The number of rotatable bonds is 9. The van der Waals surface area contributed by atoms with Gasteiger partial charge in [0, 0.05) is 19.0 Å². The highest BCUT2D eigenvalue weighted by atomic mass is 32.2. The van der Waals surface area contributed by atoms with E-state index in [0.29, 0.717) is 22.9 Å². The lowest BCUT2D eigenvalue weighted by atomic mass is 10.1. The number of sulfonamides is 1. The first-order chi connectivity index (χ1) is 14.8. The summed E-state index contributed by atoms with van der Waals surface area (Å²) in [7, 11) is -3.57. The van der Waals surface area contributed by atoms with Crippen LogP contribution in [0.25, 0.3) is 0 Å². The van der Waals surface area contributed by atoms with Crippen LogP contribution in [0.2, 0.25) is 0 Å². The Labute approximate surface area is 181 Å². The van der Waals surface area contributed by atoms with Crippen molar-refractivity contribution in [1.82, 2.24) is 0 Å². The van der Waals surface area contributed by atoms with E-state index in [4.69, 9.17) is 14.2 Å². The Morgan fingerprint density at radius 3 is 2.61 bits per heavy atom. The van der Waals surface area contributed by atoms with E-state index in [9.17, 15) is 18.0 Å². The zero-order chi connectivity index (χ0) is 22.4. The summed E-state index contributed by atoms with van der Waals surface area (Å²) in [6, 6.07) is 11.4. The summed E-state index contributed by atoms with van der Waals surface area (Å²) in [6.07, 6.45) is 1.44. The average molecular weight is 448 g/mol. The summed E-state index contributed by atoms with van der Waals surface area (Å²) in [5, 5.41) is 2.69. The van der Waals surface area contributed by atoms with Gasteiger partial charge in [0.05, 0.1) is 29.8 Å². The minimum atomic E-state index is -3.57. The number of esters is 1. The molecule has 10 heteroatoms. The largest absolute Gasteiger partial charge is 0.462 e. The topological polar surface area (TPSA) is 111 Å². The molecule has 0 atom stereocenters. The van der Waals surface area contributed by atoms with Crippen LogP contribution in [0.1, 0.15) is 30.1 Å². The second-order valence-corrected chi connectivity index (χ2v) is 8.70. The number of fused-ring (bicyclic) bond motifs is 1. The molecule has 0 radical (unpaired) electrons. The number of carbonyl (C=O) groups is 2. The van der Waals surface area contributed by atoms with Crippen LogP contribution < -0.4 is 19.1 Å². The Morgan fingerprint density at radius 1 is 1.13 bits per heavy atom. The Kier molecular flexibility index (Phi) is 7.01. The number of amides is 1. The quantitative estimate of drug-likeness (QED) is 0.587. The summed E-state index contributed by atoms with van der Waals surface area (Å²) < 4.78 is 41.3. The minimum absolute atomic E-state index is 0.0632. The Morgan fingerprint density at radius 2 is 1.87 bits per heavy atom. The van der Waals surface area contributed by atoms with Crippen molar-refractivity contribution in [3.63, 3.8) is 0 Å². The molecule has 166 valence electrons. The van der Waals surface area contributed by atoms with Gasteiger partial charge in [-0.1, -0.05) is 12.1 Å². The fourth-order valence-electron chi connectivity index (χ4n) is 3.10. The van der Waals surface area contributed by atoms with Gasteiger partial charge < -0.3 is 19.5 Å². The van der Waals surface area contributed by atoms with Crippen molar-refractivity contribution >= 4 is 33.3 Å². The molecule has 1 heterocycles. The van der Waals surface area contributed by atoms with E-state index in [-0.39, 0.29) is 44.3 Å². The first-order valence-electron chi connectivity index (χ1n) is 9.73. The van der Waals surface area contributed by atoms with E-state index in [0.717, 1.165) is 6.26 Å². The van der Waals surface area contributed by atoms with Crippen molar-refractivity contribution in [3.8, 4) is 11.5 Å². The van der Waals surface area contributed by atoms with Crippen molar-refractivity contribution < 1.29 is 32.2 Å². The molecule has 2 aromatic rings. The van der Waals surface area contributed by atoms with Crippen LogP contribution in [0.5, 0.6) is 11.5 Å². The Balaban J connectivity index is 1.63. The molecular weight excluding hydrogens is 424 g/mol. The summed E-state index contributed by atoms with van der Waals surface area (Å²) in [5.41, 5.74) is 1.04. The Hall–Kier alpha value is -3.27. The molecule has 0 aromatic heterocycles. The maximum Gasteiger partial charge on any atom is 0.340 e. The third-order valence-corrected chi connectivity index (χ3v) is 5.70. The van der Waals surface area contributed by atoms with Crippen LogP contribution in [-0.4, -0.2) is 46.5 Å². The molecule has 0 saturated carbocycles. The zero-order valence-corrected chi connectivity index (χ0v) is 18.1. The highest BCUT2D eigenvalue weighted by molar-refractivity contribution is 7.92. The predicted octanol–water partition coefficient (Wildman–Crippen LogP) is 2.78. The molecule has 0 fully saturated rings. The van der Waals surface area contributed by atoms with Crippen LogP contribution in [0.4, 0.5) is 11.4 Å². The van der Waals surface area contributed by atoms with Crippen LogP contribution in [0, 0.1) is 0 Å². The lowest BCUT2D eigenvalue weighted by Crippen LogP contribution is -2.31. The predicted molar refractivity (Wildman–Crippen MR) is 115 cm³/mol. The molecule has 0 spiro atoms. The van der Waals surface area contributed by atoms with Crippen molar-refractivity contribution in [1.29, 1.82) is 0 Å². The first kappa shape index (κ1) is 22.4. The molecule has 1 N–H and O–H groups in total. The maximum atomic E-state index is 12.4. The minimum Gasteiger partial charge on any atom is -0.462 e. The van der Waals surface area contributed by atoms with E-state index in [2.05, 4.69) is 5.32 Å². The van der Waals surface area contributed by atoms with Gasteiger partial charge in [0.25, 0.3) is 0 Å². The number of benzene rings is 2. The van der Waals surface area contributed by atoms with Gasteiger partial charge in [-0.15, -0.1) is 0 Å². The monoisotopic (exact) mass is 448 g/mol. The number of para-hydroxylation sites is 1. The van der Waals surface area contributed by atoms with Crippen molar-refractivity contribution in [3.05, 3.63) is 48.0 Å². The molecule has 1 amide bonds. The number of hydrogen-bond acceptors (Lipinski definition) is 7. The number of hydrogen-bond donors (Lipinski definition) is 1. The summed E-state index contributed by atoms with van der Waals surface area (Å²) in [6.45, 7) is 2.12. The third kappa shape index (κ3) is 5.66. The molecule has 1 aliphatic rings. The number of anilines is 2. The second kappa shape index (κ2) is 9.69. The molecule has 3 rings (SSSR count). The van der Waals surface area contributed by atoms with Gasteiger partial charge in [-0.3, -0.25) is 9.10 Å². The van der Waals surface area contributed by atoms with Gasteiger partial charge in [0.1, 0.15) is 0 Å². The van der Waals surface area contributed by atoms with E-state index in [1.54, 1.807) is 49.4 Å². The lowest BCUT2D eigenvalue weighted by Gasteiger charge is -2.22. The van der Waals surface area contributed by atoms with E-state index in [1.165, 1.54) is 4.31 Å². The molecule has 31 heavy (non-hydrogen) atoms. The molecule has 0 saturated heterocycles. The van der Waals surface area contributed by atoms with Gasteiger partial charge >= 0.3 is 5.97 Å². The van der Waals surface area contributed by atoms with Gasteiger partial charge in [0.2, 0.25) is 22.7 Å². The van der Waals surface area contributed by atoms with Crippen LogP contribution in [-0.2, 0) is 19.6 Å². The maximum absolute atomic E-state index is 12.4. The molecule has 0 bridgehead atoms. The van der Waals surface area contributed by atoms with Crippen LogP contribution >= 0.6 is 0 Å². The molecule has 2 aromatic carbocycles. The molecular formula is C21H24N2O7S. The van der Waals surface area contributed by atoms with Gasteiger partial charge in [-0.05, 0) is 37.6 Å². The first-order valence-corrected chi connectivity index (χ1v) is 11.6. The van der Waals surface area contributed by atoms with Crippen molar-refractivity contribution in [2.45, 2.75) is 19.8 Å². The molecule has 1 aliphatic heterocycles. The average Bonchev–Trinajstić information content (AvgIpc) is 3.18. The fraction of sp³-hybridized carbons (Fsp3) is 0.333. The normalized spacial score (nSPS) is 12.3. The lowest BCUT2D eigenvalue weighted by molar-refractivity contribution is -0.116. The smallest absolute Gasteiger partial charge is 0.340 e.